The van der Waals surface area contributed by atoms with Gasteiger partial charge in [-0.3, -0.25) is 9.59 Å². The van der Waals surface area contributed by atoms with Crippen molar-refractivity contribution in [3.63, 3.8) is 0 Å². The van der Waals surface area contributed by atoms with Gasteiger partial charge in [0.2, 0.25) is 0 Å². The summed E-state index contributed by atoms with van der Waals surface area (Å²) in [6, 6.07) is 0. The minimum Gasteiger partial charge on any atom is -0.481 e. The van der Waals surface area contributed by atoms with Gasteiger partial charge >= 0.3 is 11.9 Å². The third kappa shape index (κ3) is 5.54. The molecule has 21 unspecified atom stereocenters. The van der Waals surface area contributed by atoms with Crippen molar-refractivity contribution in [1.82, 2.24) is 0 Å². The van der Waals surface area contributed by atoms with Crippen molar-refractivity contribution in [1.29, 1.82) is 0 Å². The van der Waals surface area contributed by atoms with E-state index >= 15 is 0 Å². The lowest BCUT2D eigenvalue weighted by Gasteiger charge is -2.71. The molecule has 0 aromatic rings. The van der Waals surface area contributed by atoms with E-state index < -0.39 is 126 Å². The van der Waals surface area contributed by atoms with Gasteiger partial charge in [-0.2, -0.15) is 0 Å². The molecule has 0 aromatic heterocycles. The van der Waals surface area contributed by atoms with Gasteiger partial charge in [0.05, 0.1) is 30.8 Å². The number of carboxylic acid groups (broad SMARTS) is 1. The van der Waals surface area contributed by atoms with E-state index in [2.05, 4.69) is 33.8 Å². The average molecular weight is 811 g/mol. The highest BCUT2D eigenvalue weighted by Crippen LogP contribution is 2.76. The van der Waals surface area contributed by atoms with Crippen molar-refractivity contribution in [3.05, 3.63) is 11.6 Å². The molecule has 16 heteroatoms. The first-order valence-corrected chi connectivity index (χ1v) is 20.6. The van der Waals surface area contributed by atoms with E-state index in [0.29, 0.717) is 38.5 Å². The monoisotopic (exact) mass is 810 g/mol. The molecule has 322 valence electrons. The summed E-state index contributed by atoms with van der Waals surface area (Å²) in [5.41, 5.74) is -3.53. The van der Waals surface area contributed by atoms with Crippen molar-refractivity contribution in [2.45, 2.75) is 166 Å². The molecule has 1 spiro atoms. The van der Waals surface area contributed by atoms with Crippen molar-refractivity contribution < 1.29 is 79.2 Å². The molecule has 3 heterocycles. The van der Waals surface area contributed by atoms with Crippen molar-refractivity contribution in [2.24, 2.45) is 50.2 Å². The maximum atomic E-state index is 13.6. The zero-order valence-corrected chi connectivity index (χ0v) is 33.6. The standard InChI is InChI=1S/C41H62O16/c1-36(2)11-18-17-7-8-22-37(3)12-19(43)31(57-33-29(49)27(47)30(21(15-42)54-33)56-32-28(48)26(46)20(44)16-53-32)40(6,34(50)51)23(37)9-10-38(22,4)39(17,5)13-24(45)41(18)14-25(36)55-35(41)52/h7,18-33,42-49H,8-16H2,1-6H3,(H,50,51). The van der Waals surface area contributed by atoms with E-state index in [1.165, 1.54) is 5.57 Å². The summed E-state index contributed by atoms with van der Waals surface area (Å²) in [5, 5.41) is 98.3. The van der Waals surface area contributed by atoms with Crippen molar-refractivity contribution in [3.8, 4) is 0 Å². The Morgan fingerprint density at radius 3 is 2.19 bits per heavy atom. The Hall–Kier alpha value is -1.80. The molecule has 8 rings (SSSR count). The first kappa shape index (κ1) is 41.9. The van der Waals surface area contributed by atoms with Gasteiger partial charge in [-0.05, 0) is 79.4 Å². The summed E-state index contributed by atoms with van der Waals surface area (Å²) in [4.78, 5) is 27.3. The fourth-order valence-corrected chi connectivity index (χ4v) is 13.9. The number of ether oxygens (including phenoxy) is 5. The number of esters is 1. The second-order valence-corrected chi connectivity index (χ2v) is 20.4. The number of hydrogen-bond acceptors (Lipinski definition) is 15. The topological polar surface area (TPSA) is 262 Å². The van der Waals surface area contributed by atoms with E-state index in [1.807, 2.05) is 6.92 Å². The van der Waals surface area contributed by atoms with Gasteiger partial charge in [0.1, 0.15) is 60.4 Å². The number of fused-ring (bicyclic) bond motifs is 7. The second-order valence-electron chi connectivity index (χ2n) is 20.4. The van der Waals surface area contributed by atoms with Crippen LogP contribution in [0.4, 0.5) is 0 Å². The Bertz CT molecular complexity index is 1650. The van der Waals surface area contributed by atoms with Crippen LogP contribution in [-0.4, -0.2) is 151 Å². The summed E-state index contributed by atoms with van der Waals surface area (Å²) in [7, 11) is 0. The van der Waals surface area contributed by atoms with Gasteiger partial charge < -0.3 is 69.6 Å². The number of aliphatic hydroxyl groups excluding tert-OH is 8. The maximum Gasteiger partial charge on any atom is 0.315 e. The quantitative estimate of drug-likeness (QED) is 0.0970. The molecule has 8 aliphatic rings. The first-order chi connectivity index (χ1) is 26.5. The zero-order chi connectivity index (χ0) is 41.6. The highest BCUT2D eigenvalue weighted by molar-refractivity contribution is 5.82. The number of rotatable bonds is 6. The Kier molecular flexibility index (Phi) is 10.0. The van der Waals surface area contributed by atoms with Crippen LogP contribution in [-0.2, 0) is 33.3 Å². The summed E-state index contributed by atoms with van der Waals surface area (Å²) >= 11 is 0. The highest BCUT2D eigenvalue weighted by atomic mass is 16.7. The van der Waals surface area contributed by atoms with Gasteiger partial charge in [0.25, 0.3) is 0 Å². The number of aliphatic hydroxyl groups is 8. The molecule has 7 fully saturated rings. The van der Waals surface area contributed by atoms with E-state index in [9.17, 15) is 55.5 Å². The summed E-state index contributed by atoms with van der Waals surface area (Å²) < 4.78 is 29.0. The molecular formula is C41H62O16. The van der Waals surface area contributed by atoms with Gasteiger partial charge in [0.15, 0.2) is 12.6 Å². The zero-order valence-electron chi connectivity index (χ0n) is 33.6. The van der Waals surface area contributed by atoms with Crippen LogP contribution in [0.2, 0.25) is 0 Å². The molecule has 16 nitrogen and oxygen atoms in total. The Labute approximate surface area is 332 Å². The van der Waals surface area contributed by atoms with Gasteiger partial charge in [-0.1, -0.05) is 46.3 Å². The molecule has 0 amide bonds. The number of aliphatic carboxylic acids is 1. The Balaban J connectivity index is 1.07. The second kappa shape index (κ2) is 13.6. The molecule has 0 radical (unpaired) electrons. The lowest BCUT2D eigenvalue weighted by Crippen LogP contribution is -2.71. The fraction of sp³-hybridized carbons (Fsp3) is 0.902. The number of carboxylic acids is 1. The summed E-state index contributed by atoms with van der Waals surface area (Å²) in [6.07, 6.45) is -13.0. The molecule has 3 aliphatic heterocycles. The van der Waals surface area contributed by atoms with Crippen LogP contribution in [0.3, 0.4) is 0 Å². The predicted molar refractivity (Wildman–Crippen MR) is 194 cm³/mol. The number of carbonyl (C=O) groups excluding carboxylic acids is 1. The van der Waals surface area contributed by atoms with Crippen molar-refractivity contribution in [2.75, 3.05) is 13.2 Å². The van der Waals surface area contributed by atoms with Crippen LogP contribution >= 0.6 is 0 Å². The van der Waals surface area contributed by atoms with Gasteiger partial charge in [-0.25, -0.2) is 0 Å². The molecule has 2 bridgehead atoms. The van der Waals surface area contributed by atoms with Crippen LogP contribution in [0, 0.1) is 50.2 Å². The minimum absolute atomic E-state index is 0.125. The lowest BCUT2D eigenvalue weighted by atomic mass is 9.33. The molecule has 57 heavy (non-hydrogen) atoms. The van der Waals surface area contributed by atoms with E-state index in [1.54, 1.807) is 6.92 Å². The summed E-state index contributed by atoms with van der Waals surface area (Å²) in [6.45, 7) is 11.1. The SMILES string of the molecule is CC1(C)CC2C3=CCC4C5(C)CC(O)C(OC6OC(CO)C(OC7OCC(O)C(O)C7O)C(O)C6O)C(C)(C(=O)O)C5CCC4(C)C3(C)CC(O)C23CC1OC3=O. The smallest absolute Gasteiger partial charge is 0.315 e. The number of carbonyl (C=O) groups is 2. The Morgan fingerprint density at radius 1 is 0.842 bits per heavy atom. The molecule has 5 aliphatic carbocycles. The molecule has 21 atom stereocenters. The molecule has 0 aromatic carbocycles. The fourth-order valence-electron chi connectivity index (χ4n) is 13.9. The normalized spacial score (nSPS) is 56.7. The maximum absolute atomic E-state index is 13.6. The van der Waals surface area contributed by atoms with Crippen LogP contribution < -0.4 is 0 Å². The van der Waals surface area contributed by atoms with E-state index in [4.69, 9.17) is 23.7 Å². The van der Waals surface area contributed by atoms with Crippen LogP contribution in [0.5, 0.6) is 0 Å². The average Bonchev–Trinajstić information content (AvgIpc) is 3.46. The van der Waals surface area contributed by atoms with Crippen LogP contribution in [0.25, 0.3) is 0 Å². The minimum atomic E-state index is -1.87. The van der Waals surface area contributed by atoms with Crippen LogP contribution in [0.1, 0.15) is 86.5 Å². The molecule has 3 saturated heterocycles. The third-order valence-corrected chi connectivity index (χ3v) is 17.4. The molecule has 9 N–H and O–H groups in total. The largest absolute Gasteiger partial charge is 0.481 e. The highest BCUT2D eigenvalue weighted by Gasteiger charge is 2.76. The summed E-state index contributed by atoms with van der Waals surface area (Å²) in [5.74, 6) is -2.38. The molecular weight excluding hydrogens is 748 g/mol. The third-order valence-electron chi connectivity index (χ3n) is 17.4. The van der Waals surface area contributed by atoms with E-state index in [0.717, 1.165) is 0 Å². The number of hydrogen-bond donors (Lipinski definition) is 9. The lowest BCUT2D eigenvalue weighted by molar-refractivity contribution is -0.365. The predicted octanol–water partition coefficient (Wildman–Crippen LogP) is -0.0219. The van der Waals surface area contributed by atoms with Crippen LogP contribution in [0.15, 0.2) is 11.6 Å². The first-order valence-electron chi connectivity index (χ1n) is 20.6. The Morgan fingerprint density at radius 2 is 1.53 bits per heavy atom. The van der Waals surface area contributed by atoms with E-state index in [-0.39, 0.29) is 35.7 Å². The van der Waals surface area contributed by atoms with Crippen molar-refractivity contribution >= 4 is 11.9 Å². The van der Waals surface area contributed by atoms with Gasteiger partial charge in [0, 0.05) is 11.8 Å². The van der Waals surface area contributed by atoms with Gasteiger partial charge in [-0.15, -0.1) is 0 Å². The number of allylic oxidation sites excluding steroid dienone is 2. The molecule has 4 saturated carbocycles.